The van der Waals surface area contributed by atoms with Crippen molar-refractivity contribution in [1.82, 2.24) is 19.6 Å². The largest absolute Gasteiger partial charge is 0.382 e. The number of hydrogen-bond acceptors (Lipinski definition) is 6. The molecule has 9 nitrogen and oxygen atoms in total. The summed E-state index contributed by atoms with van der Waals surface area (Å²) >= 11 is 0. The van der Waals surface area contributed by atoms with Gasteiger partial charge in [0.25, 0.3) is 0 Å². The maximum absolute atomic E-state index is 12.2. The predicted molar refractivity (Wildman–Crippen MR) is 114 cm³/mol. The first-order valence-corrected chi connectivity index (χ1v) is 9.16. The van der Waals surface area contributed by atoms with E-state index in [-0.39, 0.29) is 11.6 Å². The summed E-state index contributed by atoms with van der Waals surface area (Å²) in [6.07, 6.45) is 4.61. The van der Waals surface area contributed by atoms with Crippen molar-refractivity contribution in [2.24, 2.45) is 0 Å². The topological polar surface area (TPSA) is 127 Å². The van der Waals surface area contributed by atoms with Gasteiger partial charge in [0.05, 0.1) is 0 Å². The standard InChI is InChI=1S/C21H19N7O2/c1-12-7-8-23-17(9-12)27-21(30)26-15-5-3-14(4-6-15)18-16(13(2)29)10-28-19(18)20(22)24-11-25-28/h3-11H,1-2H3,(H2,22,24,25)(H2,23,26,27,30). The number of rotatable bonds is 4. The van der Waals surface area contributed by atoms with Gasteiger partial charge in [-0.05, 0) is 49.2 Å². The van der Waals surface area contributed by atoms with E-state index in [2.05, 4.69) is 25.7 Å². The lowest BCUT2D eigenvalue weighted by molar-refractivity contribution is 0.101. The van der Waals surface area contributed by atoms with Crippen LogP contribution in [0.4, 0.5) is 22.1 Å². The molecule has 4 N–H and O–H groups in total. The molecule has 0 aliphatic heterocycles. The number of hydrogen-bond donors (Lipinski definition) is 3. The highest BCUT2D eigenvalue weighted by atomic mass is 16.2. The molecule has 30 heavy (non-hydrogen) atoms. The van der Waals surface area contributed by atoms with Gasteiger partial charge in [0, 0.05) is 29.2 Å². The molecule has 9 heteroatoms. The molecule has 4 rings (SSSR count). The molecule has 2 amide bonds. The van der Waals surface area contributed by atoms with Crippen LogP contribution in [-0.2, 0) is 0 Å². The number of ketones is 1. The molecule has 150 valence electrons. The molecule has 1 aromatic carbocycles. The van der Waals surface area contributed by atoms with Crippen molar-refractivity contribution in [3.05, 3.63) is 66.2 Å². The number of urea groups is 1. The van der Waals surface area contributed by atoms with Gasteiger partial charge in [-0.1, -0.05) is 12.1 Å². The van der Waals surface area contributed by atoms with E-state index < -0.39 is 6.03 Å². The first-order valence-electron chi connectivity index (χ1n) is 9.16. The fourth-order valence-electron chi connectivity index (χ4n) is 3.20. The van der Waals surface area contributed by atoms with Crippen LogP contribution >= 0.6 is 0 Å². The van der Waals surface area contributed by atoms with E-state index in [9.17, 15) is 9.59 Å². The van der Waals surface area contributed by atoms with Crippen molar-refractivity contribution in [3.63, 3.8) is 0 Å². The Hall–Kier alpha value is -4.27. The normalized spacial score (nSPS) is 10.7. The van der Waals surface area contributed by atoms with E-state index in [1.54, 1.807) is 47.2 Å². The van der Waals surface area contributed by atoms with E-state index in [1.165, 1.54) is 13.3 Å². The minimum absolute atomic E-state index is 0.109. The lowest BCUT2D eigenvalue weighted by atomic mass is 10.0. The fraction of sp³-hybridized carbons (Fsp3) is 0.0952. The van der Waals surface area contributed by atoms with Crippen molar-refractivity contribution in [3.8, 4) is 11.1 Å². The zero-order chi connectivity index (χ0) is 21.3. The van der Waals surface area contributed by atoms with Crippen LogP contribution in [0.5, 0.6) is 0 Å². The van der Waals surface area contributed by atoms with Gasteiger partial charge < -0.3 is 11.1 Å². The van der Waals surface area contributed by atoms with E-state index >= 15 is 0 Å². The summed E-state index contributed by atoms with van der Waals surface area (Å²) in [6.45, 7) is 3.41. The summed E-state index contributed by atoms with van der Waals surface area (Å²) in [5.74, 6) is 0.632. The Labute approximate surface area is 172 Å². The molecule has 3 aromatic heterocycles. The second-order valence-corrected chi connectivity index (χ2v) is 6.79. The number of carbonyl (C=O) groups is 2. The maximum Gasteiger partial charge on any atom is 0.324 e. The van der Waals surface area contributed by atoms with Crippen LogP contribution in [-0.4, -0.2) is 31.4 Å². The molecule has 4 aromatic rings. The van der Waals surface area contributed by atoms with Crippen molar-refractivity contribution < 1.29 is 9.59 Å². The third kappa shape index (κ3) is 3.68. The fourth-order valence-corrected chi connectivity index (χ4v) is 3.20. The lowest BCUT2D eigenvalue weighted by Gasteiger charge is -2.09. The van der Waals surface area contributed by atoms with Crippen LogP contribution in [0.3, 0.4) is 0 Å². The second-order valence-electron chi connectivity index (χ2n) is 6.79. The molecule has 0 fully saturated rings. The summed E-state index contributed by atoms with van der Waals surface area (Å²) in [7, 11) is 0. The second kappa shape index (κ2) is 7.63. The SMILES string of the molecule is CC(=O)c1cn2ncnc(N)c2c1-c1ccc(NC(=O)Nc2cc(C)ccn2)cc1. The molecule has 0 aliphatic rings. The molecule has 0 radical (unpaired) electrons. The van der Waals surface area contributed by atoms with Crippen LogP contribution in [0.25, 0.3) is 16.6 Å². The molecule has 0 spiro atoms. The monoisotopic (exact) mass is 401 g/mol. The Morgan fingerprint density at radius 2 is 1.83 bits per heavy atom. The molecule has 3 heterocycles. The van der Waals surface area contributed by atoms with Crippen LogP contribution in [0.1, 0.15) is 22.8 Å². The number of nitrogens with two attached hydrogens (primary N) is 1. The van der Waals surface area contributed by atoms with Crippen molar-refractivity contribution in [2.45, 2.75) is 13.8 Å². The number of fused-ring (bicyclic) bond motifs is 1. The highest BCUT2D eigenvalue weighted by Gasteiger charge is 2.19. The lowest BCUT2D eigenvalue weighted by Crippen LogP contribution is -2.20. The summed E-state index contributed by atoms with van der Waals surface area (Å²) in [6, 6.07) is 10.3. The summed E-state index contributed by atoms with van der Waals surface area (Å²) in [5.41, 5.74) is 10.1. The van der Waals surface area contributed by atoms with E-state index in [0.717, 1.165) is 11.1 Å². The van der Waals surface area contributed by atoms with Gasteiger partial charge in [0.1, 0.15) is 17.7 Å². The zero-order valence-electron chi connectivity index (χ0n) is 16.4. The minimum atomic E-state index is -0.405. The molecular formula is C21H19N7O2. The van der Waals surface area contributed by atoms with Crippen molar-refractivity contribution in [1.29, 1.82) is 0 Å². The number of aromatic nitrogens is 4. The molecule has 0 saturated carbocycles. The number of carbonyl (C=O) groups excluding carboxylic acids is 2. The number of anilines is 3. The van der Waals surface area contributed by atoms with Gasteiger partial charge in [0.15, 0.2) is 11.6 Å². The Balaban J connectivity index is 1.60. The minimum Gasteiger partial charge on any atom is -0.382 e. The van der Waals surface area contributed by atoms with Gasteiger partial charge >= 0.3 is 6.03 Å². The number of aryl methyl sites for hydroxylation is 1. The van der Waals surface area contributed by atoms with Gasteiger partial charge in [0.2, 0.25) is 0 Å². The average Bonchev–Trinajstić information content (AvgIpc) is 3.10. The molecule has 0 saturated heterocycles. The number of amides is 2. The Bertz CT molecular complexity index is 1260. The van der Waals surface area contributed by atoms with Gasteiger partial charge in [-0.15, -0.1) is 0 Å². The number of nitrogens with one attached hydrogen (secondary N) is 2. The van der Waals surface area contributed by atoms with Gasteiger partial charge in [-0.3, -0.25) is 10.1 Å². The van der Waals surface area contributed by atoms with Crippen LogP contribution in [0, 0.1) is 6.92 Å². The van der Waals surface area contributed by atoms with Gasteiger partial charge in [-0.25, -0.2) is 19.3 Å². The quantitative estimate of drug-likeness (QED) is 0.449. The molecular weight excluding hydrogens is 382 g/mol. The van der Waals surface area contributed by atoms with Crippen LogP contribution < -0.4 is 16.4 Å². The summed E-state index contributed by atoms with van der Waals surface area (Å²) in [4.78, 5) is 32.5. The van der Waals surface area contributed by atoms with Crippen LogP contribution in [0.15, 0.2) is 55.1 Å². The smallest absolute Gasteiger partial charge is 0.324 e. The average molecular weight is 401 g/mol. The Kier molecular flexibility index (Phi) is 4.85. The third-order valence-corrected chi connectivity index (χ3v) is 4.57. The first kappa shape index (κ1) is 19.1. The van der Waals surface area contributed by atoms with E-state index in [4.69, 9.17) is 5.73 Å². The molecule has 0 bridgehead atoms. The number of pyridine rings is 1. The molecule has 0 aliphatic carbocycles. The van der Waals surface area contributed by atoms with Gasteiger partial charge in [-0.2, -0.15) is 5.10 Å². The predicted octanol–water partition coefficient (Wildman–Crippen LogP) is 3.53. The van der Waals surface area contributed by atoms with E-state index in [1.807, 2.05) is 13.0 Å². The maximum atomic E-state index is 12.2. The Morgan fingerprint density at radius 1 is 1.07 bits per heavy atom. The molecule has 0 unspecified atom stereocenters. The number of nitrogens with zero attached hydrogens (tertiary/aromatic N) is 4. The highest BCUT2D eigenvalue weighted by molar-refractivity contribution is 6.07. The summed E-state index contributed by atoms with van der Waals surface area (Å²) in [5, 5.41) is 9.58. The van der Waals surface area contributed by atoms with Crippen molar-refractivity contribution >= 4 is 34.7 Å². The third-order valence-electron chi connectivity index (χ3n) is 4.57. The highest BCUT2D eigenvalue weighted by Crippen LogP contribution is 2.33. The zero-order valence-corrected chi connectivity index (χ0v) is 16.4. The first-order chi connectivity index (χ1) is 14.4. The summed E-state index contributed by atoms with van der Waals surface area (Å²) < 4.78 is 1.54. The number of benzene rings is 1. The molecule has 0 atom stereocenters. The Morgan fingerprint density at radius 3 is 2.53 bits per heavy atom. The number of nitrogen functional groups attached to an aromatic ring is 1. The number of Topliss-reactive ketones (excluding diaryl/α,β-unsaturated/α-hetero) is 1. The van der Waals surface area contributed by atoms with E-state index in [0.29, 0.717) is 28.1 Å². The van der Waals surface area contributed by atoms with Crippen molar-refractivity contribution in [2.75, 3.05) is 16.4 Å². The van der Waals surface area contributed by atoms with Crippen LogP contribution in [0.2, 0.25) is 0 Å².